The Morgan fingerprint density at radius 2 is 2.22 bits per heavy atom. The van der Waals surface area contributed by atoms with Crippen molar-refractivity contribution in [2.24, 2.45) is 0 Å². The fraction of sp³-hybridized carbons (Fsp3) is 0.167. The maximum Gasteiger partial charge on any atom is 0.332 e. The summed E-state index contributed by atoms with van der Waals surface area (Å²) in [5.41, 5.74) is 3.68. The number of aliphatic carboxylic acids is 1. The number of aryl methyl sites for hydroxylation is 1. The van der Waals surface area contributed by atoms with Crippen molar-refractivity contribution in [3.8, 4) is 0 Å². The Morgan fingerprint density at radius 3 is 2.83 bits per heavy atom. The number of hydrogen-bond acceptors (Lipinski definition) is 3. The lowest BCUT2D eigenvalue weighted by Gasteiger charge is -2.00. The van der Waals surface area contributed by atoms with Gasteiger partial charge in [0.15, 0.2) is 6.61 Å². The van der Waals surface area contributed by atoms with Gasteiger partial charge in [-0.1, -0.05) is 23.7 Å². The minimum atomic E-state index is -1.16. The molecule has 0 saturated heterocycles. The maximum atomic E-state index is 11.2. The van der Waals surface area contributed by atoms with Crippen LogP contribution in [0.25, 0.3) is 6.08 Å². The van der Waals surface area contributed by atoms with Gasteiger partial charge in [-0.3, -0.25) is 9.63 Å². The van der Waals surface area contributed by atoms with Crippen molar-refractivity contribution in [3.63, 3.8) is 0 Å². The minimum absolute atomic E-state index is 0.548. The molecule has 0 aromatic heterocycles. The van der Waals surface area contributed by atoms with Crippen LogP contribution in [0.1, 0.15) is 11.1 Å². The average molecular weight is 270 g/mol. The summed E-state index contributed by atoms with van der Waals surface area (Å²) in [7, 11) is 0. The van der Waals surface area contributed by atoms with Crippen molar-refractivity contribution in [1.82, 2.24) is 5.48 Å². The minimum Gasteiger partial charge on any atom is -0.479 e. The second kappa shape index (κ2) is 6.78. The fourth-order valence-corrected chi connectivity index (χ4v) is 1.28. The molecule has 0 heterocycles. The van der Waals surface area contributed by atoms with Crippen molar-refractivity contribution in [3.05, 3.63) is 40.4 Å². The molecule has 0 spiro atoms. The summed E-state index contributed by atoms with van der Waals surface area (Å²) in [6.45, 7) is 1.29. The third-order valence-electron chi connectivity index (χ3n) is 1.99. The first-order valence-electron chi connectivity index (χ1n) is 5.07. The number of carboxylic acid groups (broad SMARTS) is 1. The lowest BCUT2D eigenvalue weighted by atomic mass is 10.1. The van der Waals surface area contributed by atoms with E-state index in [9.17, 15) is 9.59 Å². The molecular weight excluding hydrogens is 258 g/mol. The lowest BCUT2D eigenvalue weighted by Crippen LogP contribution is -2.24. The monoisotopic (exact) mass is 269 g/mol. The van der Waals surface area contributed by atoms with Gasteiger partial charge in [0.05, 0.1) is 0 Å². The third kappa shape index (κ3) is 4.99. The van der Waals surface area contributed by atoms with Gasteiger partial charge in [-0.15, -0.1) is 0 Å². The van der Waals surface area contributed by atoms with Gasteiger partial charge in [-0.2, -0.15) is 0 Å². The van der Waals surface area contributed by atoms with Gasteiger partial charge in [0.1, 0.15) is 0 Å². The van der Waals surface area contributed by atoms with Crippen molar-refractivity contribution in [2.75, 3.05) is 6.61 Å². The topological polar surface area (TPSA) is 75.6 Å². The molecule has 0 unspecified atom stereocenters. The Morgan fingerprint density at radius 1 is 1.50 bits per heavy atom. The molecule has 1 aromatic carbocycles. The first-order valence-corrected chi connectivity index (χ1v) is 5.44. The van der Waals surface area contributed by atoms with Crippen LogP contribution in [0.15, 0.2) is 24.3 Å². The number of halogens is 1. The molecule has 5 nitrogen and oxygen atoms in total. The summed E-state index contributed by atoms with van der Waals surface area (Å²) in [4.78, 5) is 25.7. The number of carbonyl (C=O) groups is 2. The molecule has 0 aliphatic heterocycles. The number of rotatable bonds is 5. The summed E-state index contributed by atoms with van der Waals surface area (Å²) >= 11 is 5.92. The molecule has 0 bridgehead atoms. The van der Waals surface area contributed by atoms with Crippen LogP contribution in [0.5, 0.6) is 0 Å². The highest BCUT2D eigenvalue weighted by Gasteiger charge is 2.00. The zero-order valence-electron chi connectivity index (χ0n) is 9.64. The molecule has 1 amide bonds. The van der Waals surface area contributed by atoms with Crippen LogP contribution < -0.4 is 5.48 Å². The highest BCUT2D eigenvalue weighted by atomic mass is 35.5. The van der Waals surface area contributed by atoms with Gasteiger partial charge in [0, 0.05) is 11.1 Å². The van der Waals surface area contributed by atoms with Gasteiger partial charge in [-0.05, 0) is 30.2 Å². The Hall–Kier alpha value is -1.85. The maximum absolute atomic E-state index is 11.2. The lowest BCUT2D eigenvalue weighted by molar-refractivity contribution is -0.147. The van der Waals surface area contributed by atoms with Crippen molar-refractivity contribution >= 4 is 29.6 Å². The predicted octanol–water partition coefficient (Wildman–Crippen LogP) is 1.79. The van der Waals surface area contributed by atoms with E-state index in [0.29, 0.717) is 5.02 Å². The fourth-order valence-electron chi connectivity index (χ4n) is 1.09. The summed E-state index contributed by atoms with van der Waals surface area (Å²) in [6, 6.07) is 5.36. The molecule has 0 atom stereocenters. The highest BCUT2D eigenvalue weighted by Crippen LogP contribution is 2.17. The van der Waals surface area contributed by atoms with Gasteiger partial charge in [0.25, 0.3) is 5.91 Å². The van der Waals surface area contributed by atoms with Crippen LogP contribution >= 0.6 is 11.6 Å². The molecule has 2 N–H and O–H groups in total. The zero-order valence-corrected chi connectivity index (χ0v) is 10.4. The number of benzene rings is 1. The van der Waals surface area contributed by atoms with Crippen molar-refractivity contribution < 1.29 is 19.5 Å². The number of hydrogen-bond donors (Lipinski definition) is 2. The second-order valence-corrected chi connectivity index (χ2v) is 3.90. The Labute approximate surface area is 109 Å². The smallest absolute Gasteiger partial charge is 0.332 e. The van der Waals surface area contributed by atoms with Crippen LogP contribution in [0, 0.1) is 6.92 Å². The average Bonchev–Trinajstić information content (AvgIpc) is 2.30. The van der Waals surface area contributed by atoms with E-state index in [4.69, 9.17) is 16.7 Å². The van der Waals surface area contributed by atoms with Gasteiger partial charge in [-0.25, -0.2) is 10.3 Å². The molecule has 96 valence electrons. The standard InChI is InChI=1S/C12H12ClNO4/c1-8-2-3-9(6-10(8)13)4-5-11(15)14-18-7-12(16)17/h2-6H,7H2,1H3,(H,14,15)(H,16,17). The molecule has 0 aliphatic rings. The predicted molar refractivity (Wildman–Crippen MR) is 67.0 cm³/mol. The first kappa shape index (κ1) is 14.2. The van der Waals surface area contributed by atoms with E-state index < -0.39 is 18.5 Å². The normalized spacial score (nSPS) is 10.6. The van der Waals surface area contributed by atoms with Crippen molar-refractivity contribution in [2.45, 2.75) is 6.92 Å². The molecule has 1 rings (SSSR count). The number of hydroxylamine groups is 1. The highest BCUT2D eigenvalue weighted by molar-refractivity contribution is 6.31. The van der Waals surface area contributed by atoms with Crippen LogP contribution in [0.2, 0.25) is 5.02 Å². The van der Waals surface area contributed by atoms with Crippen LogP contribution in [-0.2, 0) is 14.4 Å². The van der Waals surface area contributed by atoms with Crippen molar-refractivity contribution in [1.29, 1.82) is 0 Å². The number of nitrogens with one attached hydrogen (secondary N) is 1. The van der Waals surface area contributed by atoms with E-state index >= 15 is 0 Å². The molecule has 18 heavy (non-hydrogen) atoms. The third-order valence-corrected chi connectivity index (χ3v) is 2.40. The quantitative estimate of drug-likeness (QED) is 0.631. The zero-order chi connectivity index (χ0) is 13.5. The van der Waals surface area contributed by atoms with Gasteiger partial charge >= 0.3 is 5.97 Å². The Bertz CT molecular complexity index is 485. The molecule has 0 saturated carbocycles. The summed E-state index contributed by atoms with van der Waals surface area (Å²) in [6.07, 6.45) is 2.77. The number of carboxylic acids is 1. The molecular formula is C12H12ClNO4. The van der Waals surface area contributed by atoms with E-state index in [2.05, 4.69) is 4.84 Å². The van der Waals surface area contributed by atoms with E-state index in [1.807, 2.05) is 24.5 Å². The summed E-state index contributed by atoms with van der Waals surface area (Å²) in [5, 5.41) is 8.89. The van der Waals surface area contributed by atoms with Crippen LogP contribution in [-0.4, -0.2) is 23.6 Å². The second-order valence-electron chi connectivity index (χ2n) is 3.49. The molecule has 0 radical (unpaired) electrons. The summed E-state index contributed by atoms with van der Waals surface area (Å²) < 4.78 is 0. The Kier molecular flexibility index (Phi) is 5.35. The van der Waals surface area contributed by atoms with Gasteiger partial charge in [0.2, 0.25) is 0 Å². The molecule has 6 heteroatoms. The van der Waals surface area contributed by atoms with Gasteiger partial charge < -0.3 is 5.11 Å². The van der Waals surface area contributed by atoms with E-state index in [0.717, 1.165) is 11.1 Å². The SMILES string of the molecule is Cc1ccc(C=CC(=O)NOCC(=O)O)cc1Cl. The molecule has 0 aliphatic carbocycles. The first-order chi connectivity index (χ1) is 8.49. The van der Waals surface area contributed by atoms with E-state index in [1.165, 1.54) is 6.08 Å². The van der Waals surface area contributed by atoms with Crippen LogP contribution in [0.4, 0.5) is 0 Å². The van der Waals surface area contributed by atoms with Crippen LogP contribution in [0.3, 0.4) is 0 Å². The van der Waals surface area contributed by atoms with E-state index in [1.54, 1.807) is 12.1 Å². The molecule has 1 aromatic rings. The Balaban J connectivity index is 2.50. The summed E-state index contributed by atoms with van der Waals surface area (Å²) in [5.74, 6) is -1.71. The largest absolute Gasteiger partial charge is 0.479 e. The van der Waals surface area contributed by atoms with E-state index in [-0.39, 0.29) is 0 Å². The number of amides is 1. The molecule has 0 fully saturated rings. The number of carbonyl (C=O) groups excluding carboxylic acids is 1.